The van der Waals surface area contributed by atoms with Crippen LogP contribution in [0.2, 0.25) is 0 Å². The van der Waals surface area contributed by atoms with Crippen LogP contribution < -0.4 is 9.80 Å². The maximum Gasteiger partial charge on any atom is 0.0462 e. The van der Waals surface area contributed by atoms with Crippen LogP contribution >= 0.6 is 0 Å². The zero-order valence-electron chi connectivity index (χ0n) is 31.1. The minimum absolute atomic E-state index is 1.03. The minimum Gasteiger partial charge on any atom is -0.311 e. The molecule has 260 valence electrons. The van der Waals surface area contributed by atoms with Crippen LogP contribution in [0.1, 0.15) is 51.4 Å². The Morgan fingerprint density at radius 2 is 0.509 bits per heavy atom. The third-order valence-electron chi connectivity index (χ3n) is 9.65. The van der Waals surface area contributed by atoms with Gasteiger partial charge in [0.25, 0.3) is 0 Å². The zero-order valence-corrected chi connectivity index (χ0v) is 31.1. The molecule has 0 aromatic heterocycles. The zero-order chi connectivity index (χ0) is 36.6. The van der Waals surface area contributed by atoms with Crippen molar-refractivity contribution < 1.29 is 0 Å². The number of rotatable bonds is 11. The highest BCUT2D eigenvalue weighted by molar-refractivity contribution is 5.80. The molecule has 0 amide bonds. The lowest BCUT2D eigenvalue weighted by Crippen LogP contribution is -2.09. The van der Waals surface area contributed by atoms with E-state index in [0.717, 1.165) is 51.7 Å². The smallest absolute Gasteiger partial charge is 0.0462 e. The summed E-state index contributed by atoms with van der Waals surface area (Å²) in [5.41, 5.74) is 16.6. The summed E-state index contributed by atoms with van der Waals surface area (Å²) in [6.45, 7) is 8.57. The number of nitrogens with zero attached hydrogens (tertiary/aromatic N) is 2. The Morgan fingerprint density at radius 3 is 0.755 bits per heavy atom. The molecule has 0 atom stereocenters. The molecule has 0 bridgehead atoms. The van der Waals surface area contributed by atoms with Gasteiger partial charge < -0.3 is 9.80 Å². The van der Waals surface area contributed by atoms with Crippen LogP contribution in [0, 0.1) is 20.8 Å². The molecule has 2 heteroatoms. The highest BCUT2D eigenvalue weighted by Gasteiger charge is 2.13. The monoisotopic (exact) mass is 686 g/mol. The third kappa shape index (κ3) is 8.75. The predicted octanol–water partition coefficient (Wildman–Crippen LogP) is 14.5. The van der Waals surface area contributed by atoms with E-state index in [4.69, 9.17) is 0 Å². The Labute approximate surface area is 315 Å². The van der Waals surface area contributed by atoms with Crippen molar-refractivity contribution in [2.24, 2.45) is 0 Å². The fourth-order valence-corrected chi connectivity index (χ4v) is 6.43. The summed E-state index contributed by atoms with van der Waals surface area (Å²) in [6.07, 6.45) is 9.74. The van der Waals surface area contributed by atoms with Gasteiger partial charge in [-0.25, -0.2) is 0 Å². The van der Waals surface area contributed by atoms with Crippen molar-refractivity contribution in [2.75, 3.05) is 9.80 Å². The van der Waals surface area contributed by atoms with Gasteiger partial charge in [0.2, 0.25) is 0 Å². The van der Waals surface area contributed by atoms with Gasteiger partial charge in [0, 0.05) is 34.1 Å². The summed E-state index contributed by atoms with van der Waals surface area (Å²) in [4.78, 5) is 4.62. The first-order chi connectivity index (χ1) is 25.9. The Morgan fingerprint density at radius 1 is 0.302 bits per heavy atom. The molecule has 7 aromatic carbocycles. The number of benzene rings is 7. The SMILES string of the molecule is CCc1ccc(N(c2ccc(C)cc2)c2ccc(C=Cc3ccc(C=Cc4ccc(N(c5ccc(C)cc5)c5ccc(C)cc5)cc4)cc3)cc2)cc1. The quantitative estimate of drug-likeness (QED) is 0.125. The van der Waals surface area contributed by atoms with Gasteiger partial charge in [0.15, 0.2) is 0 Å². The van der Waals surface area contributed by atoms with Crippen LogP contribution in [0.15, 0.2) is 170 Å². The average molecular weight is 687 g/mol. The topological polar surface area (TPSA) is 6.48 Å². The highest BCUT2D eigenvalue weighted by Crippen LogP contribution is 2.36. The van der Waals surface area contributed by atoms with Crippen LogP contribution in [0.3, 0.4) is 0 Å². The standard InChI is InChI=1S/C51H46N2/c1-5-41-20-32-49(33-21-41)53(48-30-10-40(4)11-31-48)51-36-24-45(25-37-51)19-17-43-14-12-42(13-15-43)16-18-44-22-34-50(35-23-44)52(46-26-6-38(2)7-27-46)47-28-8-39(3)9-29-47/h6-37H,5H2,1-4H3. The summed E-state index contributed by atoms with van der Waals surface area (Å²) in [6, 6.07) is 61.3. The molecular weight excluding hydrogens is 641 g/mol. The lowest BCUT2D eigenvalue weighted by Gasteiger charge is -2.26. The maximum atomic E-state index is 2.32. The summed E-state index contributed by atoms with van der Waals surface area (Å²) >= 11 is 0. The Balaban J connectivity index is 1.02. The molecule has 0 saturated heterocycles. The van der Waals surface area contributed by atoms with Crippen molar-refractivity contribution in [1.82, 2.24) is 0 Å². The van der Waals surface area contributed by atoms with E-state index in [-0.39, 0.29) is 0 Å². The lowest BCUT2D eigenvalue weighted by molar-refractivity contribution is 1.14. The largest absolute Gasteiger partial charge is 0.311 e. The van der Waals surface area contributed by atoms with Gasteiger partial charge in [-0.2, -0.15) is 0 Å². The van der Waals surface area contributed by atoms with E-state index in [1.807, 2.05) is 0 Å². The van der Waals surface area contributed by atoms with Crippen LogP contribution in [0.25, 0.3) is 24.3 Å². The van der Waals surface area contributed by atoms with E-state index in [1.54, 1.807) is 0 Å². The molecule has 0 aliphatic heterocycles. The van der Waals surface area contributed by atoms with Crippen LogP contribution in [-0.2, 0) is 6.42 Å². The van der Waals surface area contributed by atoms with E-state index < -0.39 is 0 Å². The molecule has 0 fully saturated rings. The van der Waals surface area contributed by atoms with Gasteiger partial charge in [-0.15, -0.1) is 0 Å². The lowest BCUT2D eigenvalue weighted by atomic mass is 10.1. The minimum atomic E-state index is 1.03. The summed E-state index contributed by atoms with van der Waals surface area (Å²) in [7, 11) is 0. The van der Waals surface area contributed by atoms with Gasteiger partial charge in [-0.05, 0) is 128 Å². The maximum absolute atomic E-state index is 2.32. The third-order valence-corrected chi connectivity index (χ3v) is 9.65. The van der Waals surface area contributed by atoms with Crippen molar-refractivity contribution in [3.63, 3.8) is 0 Å². The normalized spacial score (nSPS) is 11.3. The van der Waals surface area contributed by atoms with Crippen LogP contribution in [-0.4, -0.2) is 0 Å². The number of aryl methyl sites for hydroxylation is 4. The van der Waals surface area contributed by atoms with Crippen molar-refractivity contribution in [3.8, 4) is 0 Å². The second-order valence-corrected chi connectivity index (χ2v) is 13.7. The number of hydrogen-bond acceptors (Lipinski definition) is 2. The Hall–Kier alpha value is -6.38. The molecule has 7 rings (SSSR count). The van der Waals surface area contributed by atoms with Gasteiger partial charge in [0.1, 0.15) is 0 Å². The van der Waals surface area contributed by atoms with E-state index >= 15 is 0 Å². The van der Waals surface area contributed by atoms with Crippen molar-refractivity contribution in [2.45, 2.75) is 34.1 Å². The van der Waals surface area contributed by atoms with Crippen molar-refractivity contribution >= 4 is 58.4 Å². The molecule has 0 N–H and O–H groups in total. The molecule has 0 aliphatic carbocycles. The molecule has 2 nitrogen and oxygen atoms in total. The van der Waals surface area contributed by atoms with E-state index in [9.17, 15) is 0 Å². The molecule has 0 saturated carbocycles. The summed E-state index contributed by atoms with van der Waals surface area (Å²) in [5, 5.41) is 0. The summed E-state index contributed by atoms with van der Waals surface area (Å²) in [5.74, 6) is 0. The fraction of sp³-hybridized carbons (Fsp3) is 0.0980. The fourth-order valence-electron chi connectivity index (χ4n) is 6.43. The molecule has 7 aromatic rings. The van der Waals surface area contributed by atoms with Crippen molar-refractivity contribution in [3.05, 3.63) is 214 Å². The first-order valence-electron chi connectivity index (χ1n) is 18.5. The number of hydrogen-bond donors (Lipinski definition) is 0. The Bertz CT molecular complexity index is 2230. The predicted molar refractivity (Wildman–Crippen MR) is 230 cm³/mol. The molecular formula is C51H46N2. The van der Waals surface area contributed by atoms with Crippen LogP contribution in [0.5, 0.6) is 0 Å². The molecule has 53 heavy (non-hydrogen) atoms. The molecule has 0 heterocycles. The number of anilines is 6. The molecule has 0 radical (unpaired) electrons. The Kier molecular flexibility index (Phi) is 10.8. The van der Waals surface area contributed by atoms with Gasteiger partial charge in [-0.3, -0.25) is 0 Å². The average Bonchev–Trinajstić information content (AvgIpc) is 3.20. The molecule has 0 unspecified atom stereocenters. The summed E-state index contributed by atoms with van der Waals surface area (Å²) < 4.78 is 0. The molecule has 0 spiro atoms. The van der Waals surface area contributed by atoms with Crippen molar-refractivity contribution in [1.29, 1.82) is 0 Å². The van der Waals surface area contributed by atoms with Gasteiger partial charge in [-0.1, -0.05) is 145 Å². The highest BCUT2D eigenvalue weighted by atomic mass is 15.1. The van der Waals surface area contributed by atoms with Crippen LogP contribution in [0.4, 0.5) is 34.1 Å². The first kappa shape index (κ1) is 35.0. The molecule has 0 aliphatic rings. The van der Waals surface area contributed by atoms with E-state index in [1.165, 1.54) is 33.4 Å². The van der Waals surface area contributed by atoms with Gasteiger partial charge in [0.05, 0.1) is 0 Å². The second kappa shape index (κ2) is 16.3. The second-order valence-electron chi connectivity index (χ2n) is 13.7. The van der Waals surface area contributed by atoms with E-state index in [2.05, 4.69) is 232 Å². The van der Waals surface area contributed by atoms with E-state index in [0.29, 0.717) is 0 Å². The first-order valence-corrected chi connectivity index (χ1v) is 18.5. The van der Waals surface area contributed by atoms with Gasteiger partial charge >= 0.3 is 0 Å².